The van der Waals surface area contributed by atoms with Gasteiger partial charge in [-0.15, -0.1) is 0 Å². The van der Waals surface area contributed by atoms with Gasteiger partial charge < -0.3 is 14.9 Å². The molecule has 8 heteroatoms. The third-order valence-electron chi connectivity index (χ3n) is 6.67. The van der Waals surface area contributed by atoms with Crippen LogP contribution in [0.4, 0.5) is 5.69 Å². The molecule has 1 saturated heterocycles. The molecule has 1 aliphatic heterocycles. The van der Waals surface area contributed by atoms with Gasteiger partial charge >= 0.3 is 0 Å². The summed E-state index contributed by atoms with van der Waals surface area (Å²) in [5.41, 5.74) is 1.52. The number of piperazine rings is 1. The number of aliphatic hydroxyl groups is 1. The van der Waals surface area contributed by atoms with Gasteiger partial charge in [0.15, 0.2) is 0 Å². The van der Waals surface area contributed by atoms with Gasteiger partial charge in [-0.3, -0.25) is 19.6 Å². The van der Waals surface area contributed by atoms with Crippen molar-refractivity contribution in [2.75, 3.05) is 31.2 Å². The van der Waals surface area contributed by atoms with Crippen LogP contribution < -0.4 is 5.06 Å². The Morgan fingerprint density at radius 3 is 2.12 bits per heavy atom. The first kappa shape index (κ1) is 21.6. The van der Waals surface area contributed by atoms with Crippen molar-refractivity contribution >= 4 is 23.4 Å². The van der Waals surface area contributed by atoms with Crippen LogP contribution >= 0.6 is 0 Å². The zero-order chi connectivity index (χ0) is 23.2. The number of benzene rings is 2. The lowest BCUT2D eigenvalue weighted by Gasteiger charge is -2.35. The van der Waals surface area contributed by atoms with E-state index in [1.165, 1.54) is 0 Å². The number of carbonyl (C=O) groups excluding carboxylic acids is 3. The monoisotopic (exact) mass is 449 g/mol. The van der Waals surface area contributed by atoms with Crippen molar-refractivity contribution in [3.63, 3.8) is 0 Å². The molecule has 0 unspecified atom stereocenters. The predicted molar refractivity (Wildman–Crippen MR) is 121 cm³/mol. The minimum absolute atomic E-state index is 0.0811. The Balaban J connectivity index is 1.23. The van der Waals surface area contributed by atoms with Gasteiger partial charge in [-0.1, -0.05) is 24.3 Å². The highest BCUT2D eigenvalue weighted by Crippen LogP contribution is 2.37. The summed E-state index contributed by atoms with van der Waals surface area (Å²) in [6.45, 7) is 1.72. The molecule has 2 aliphatic carbocycles. The van der Waals surface area contributed by atoms with E-state index >= 15 is 0 Å². The van der Waals surface area contributed by atoms with Crippen LogP contribution in [-0.2, 0) is 9.59 Å². The molecule has 2 saturated carbocycles. The number of hydrogen-bond donors (Lipinski definition) is 2. The molecule has 3 amide bonds. The predicted octanol–water partition coefficient (Wildman–Crippen LogP) is 2.30. The number of carbonyl (C=O) groups is 3. The molecular weight excluding hydrogens is 422 g/mol. The van der Waals surface area contributed by atoms with E-state index in [1.807, 2.05) is 18.2 Å². The molecule has 2 N–H and O–H groups in total. The van der Waals surface area contributed by atoms with Crippen molar-refractivity contribution in [2.24, 2.45) is 5.92 Å². The average molecular weight is 450 g/mol. The SMILES string of the molecule is O=C(c1ccc(-c2cccc(N(O)C(=O)C3CC3)c2)cc1)N1CCN(C(=O)C2(O)CC2)CC1. The first-order chi connectivity index (χ1) is 15.9. The van der Waals surface area contributed by atoms with Crippen LogP contribution in [0.1, 0.15) is 36.0 Å². The van der Waals surface area contributed by atoms with Gasteiger partial charge in [0.25, 0.3) is 17.7 Å². The summed E-state index contributed by atoms with van der Waals surface area (Å²) < 4.78 is 0. The maximum absolute atomic E-state index is 12.9. The van der Waals surface area contributed by atoms with Crippen LogP contribution in [-0.4, -0.2) is 69.6 Å². The zero-order valence-electron chi connectivity index (χ0n) is 18.3. The highest BCUT2D eigenvalue weighted by atomic mass is 16.5. The molecule has 2 aromatic rings. The molecular formula is C25H27N3O5. The number of amides is 3. The largest absolute Gasteiger partial charge is 0.380 e. The van der Waals surface area contributed by atoms with E-state index in [1.54, 1.807) is 40.1 Å². The normalized spacial score (nSPS) is 19.2. The van der Waals surface area contributed by atoms with Crippen molar-refractivity contribution in [3.05, 3.63) is 54.1 Å². The van der Waals surface area contributed by atoms with Gasteiger partial charge in [-0.25, -0.2) is 0 Å². The Labute approximate surface area is 192 Å². The van der Waals surface area contributed by atoms with E-state index in [-0.39, 0.29) is 23.6 Å². The number of hydrogen-bond acceptors (Lipinski definition) is 5. The van der Waals surface area contributed by atoms with Gasteiger partial charge in [0.1, 0.15) is 5.60 Å². The molecule has 172 valence electrons. The van der Waals surface area contributed by atoms with Gasteiger partial charge in [0.2, 0.25) is 0 Å². The highest BCUT2D eigenvalue weighted by Gasteiger charge is 2.50. The molecule has 5 rings (SSSR count). The van der Waals surface area contributed by atoms with Gasteiger partial charge in [0.05, 0.1) is 5.69 Å². The summed E-state index contributed by atoms with van der Waals surface area (Å²) in [7, 11) is 0. The maximum atomic E-state index is 12.9. The minimum Gasteiger partial charge on any atom is -0.380 e. The summed E-state index contributed by atoms with van der Waals surface area (Å²) >= 11 is 0. The van der Waals surface area contributed by atoms with Crippen LogP contribution in [0, 0.1) is 5.92 Å². The van der Waals surface area contributed by atoms with Crippen LogP contribution in [0.5, 0.6) is 0 Å². The summed E-state index contributed by atoms with van der Waals surface area (Å²) in [5.74, 6) is -0.672. The van der Waals surface area contributed by atoms with Crippen LogP contribution in [0.2, 0.25) is 0 Å². The van der Waals surface area contributed by atoms with E-state index in [0.29, 0.717) is 50.3 Å². The lowest BCUT2D eigenvalue weighted by atomic mass is 10.0. The fourth-order valence-corrected chi connectivity index (χ4v) is 4.17. The standard InChI is InChI=1S/C25H27N3O5/c29-22(26-12-14-27(15-13-26)24(31)25(32)10-11-25)18-6-4-17(5-7-18)20-2-1-3-21(16-20)28(33)23(30)19-8-9-19/h1-7,16,19,32-33H,8-15H2. The Morgan fingerprint density at radius 1 is 0.879 bits per heavy atom. The minimum atomic E-state index is -1.17. The number of hydroxylamine groups is 1. The second kappa shape index (κ2) is 8.28. The molecule has 1 heterocycles. The average Bonchev–Trinajstić information content (AvgIpc) is 3.79. The second-order valence-corrected chi connectivity index (χ2v) is 9.17. The van der Waals surface area contributed by atoms with Crippen molar-refractivity contribution < 1.29 is 24.7 Å². The van der Waals surface area contributed by atoms with Gasteiger partial charge in [-0.2, -0.15) is 5.06 Å². The molecule has 0 radical (unpaired) electrons. The highest BCUT2D eigenvalue weighted by molar-refractivity contribution is 5.96. The van der Waals surface area contributed by atoms with Gasteiger partial charge in [0, 0.05) is 37.7 Å². The number of nitrogens with zero attached hydrogens (tertiary/aromatic N) is 3. The third kappa shape index (κ3) is 4.36. The van der Waals surface area contributed by atoms with Crippen LogP contribution in [0.25, 0.3) is 11.1 Å². The quantitative estimate of drug-likeness (QED) is 0.539. The molecule has 2 aromatic carbocycles. The Hall–Kier alpha value is -3.23. The van der Waals surface area contributed by atoms with E-state index < -0.39 is 5.60 Å². The molecule has 3 aliphatic rings. The fourth-order valence-electron chi connectivity index (χ4n) is 4.17. The van der Waals surface area contributed by atoms with Crippen molar-refractivity contribution in [2.45, 2.75) is 31.3 Å². The van der Waals surface area contributed by atoms with Crippen LogP contribution in [0.3, 0.4) is 0 Å². The first-order valence-corrected chi connectivity index (χ1v) is 11.4. The maximum Gasteiger partial charge on any atom is 0.254 e. The van der Waals surface area contributed by atoms with E-state index in [9.17, 15) is 24.7 Å². The summed E-state index contributed by atoms with van der Waals surface area (Å²) in [6, 6.07) is 14.3. The second-order valence-electron chi connectivity index (χ2n) is 9.17. The number of rotatable bonds is 5. The number of anilines is 1. The molecule has 3 fully saturated rings. The fraction of sp³-hybridized carbons (Fsp3) is 0.400. The van der Waals surface area contributed by atoms with Crippen LogP contribution in [0.15, 0.2) is 48.5 Å². The molecule has 0 atom stereocenters. The van der Waals surface area contributed by atoms with Gasteiger partial charge in [-0.05, 0) is 61.1 Å². The van der Waals surface area contributed by atoms with Crippen molar-refractivity contribution in [1.29, 1.82) is 0 Å². The smallest absolute Gasteiger partial charge is 0.254 e. The van der Waals surface area contributed by atoms with E-state index in [0.717, 1.165) is 29.0 Å². The summed E-state index contributed by atoms with van der Waals surface area (Å²) in [5, 5.41) is 21.0. The summed E-state index contributed by atoms with van der Waals surface area (Å²) in [6.07, 6.45) is 2.68. The molecule has 0 aromatic heterocycles. The molecule has 8 nitrogen and oxygen atoms in total. The van der Waals surface area contributed by atoms with Crippen molar-refractivity contribution in [1.82, 2.24) is 9.80 Å². The molecule has 0 spiro atoms. The van der Waals surface area contributed by atoms with E-state index in [4.69, 9.17) is 0 Å². The lowest BCUT2D eigenvalue weighted by Crippen LogP contribution is -2.53. The topological polar surface area (TPSA) is 101 Å². The third-order valence-corrected chi connectivity index (χ3v) is 6.67. The Kier molecular flexibility index (Phi) is 5.42. The zero-order valence-corrected chi connectivity index (χ0v) is 18.3. The summed E-state index contributed by atoms with van der Waals surface area (Å²) in [4.78, 5) is 40.7. The lowest BCUT2D eigenvalue weighted by molar-refractivity contribution is -0.143. The van der Waals surface area contributed by atoms with Crippen molar-refractivity contribution in [3.8, 4) is 11.1 Å². The molecule has 33 heavy (non-hydrogen) atoms. The Bertz CT molecular complexity index is 1080. The van der Waals surface area contributed by atoms with E-state index in [2.05, 4.69) is 0 Å². The first-order valence-electron chi connectivity index (χ1n) is 11.4. The Morgan fingerprint density at radius 2 is 1.52 bits per heavy atom. The molecule has 0 bridgehead atoms.